The van der Waals surface area contributed by atoms with E-state index in [2.05, 4.69) is 42.5 Å². The molecule has 2 fully saturated rings. The molecular weight excluding hydrogens is 769 g/mol. The molecule has 0 atom stereocenters. The Morgan fingerprint density at radius 1 is 0.333 bits per heavy atom. The van der Waals surface area contributed by atoms with Crippen LogP contribution in [0.1, 0.15) is 41.4 Å². The van der Waals surface area contributed by atoms with Gasteiger partial charge in [0.05, 0.1) is 50.1 Å². The molecule has 16 heteroatoms. The van der Waals surface area contributed by atoms with E-state index in [0.717, 1.165) is 52.4 Å². The Balaban J connectivity index is 0.000000362. The molecule has 0 unspecified atom stereocenters. The molecule has 12 N–H and O–H groups in total. The number of quaternary nitrogens is 4. The maximum Gasteiger partial charge on any atom is 0.0869 e. The first-order valence-corrected chi connectivity index (χ1v) is 20.1. The molecule has 0 aliphatic carbocycles. The summed E-state index contributed by atoms with van der Waals surface area (Å²) < 4.78 is 0. The monoisotopic (exact) mass is 832 g/mol. The maximum atomic E-state index is 10.1. The van der Waals surface area contributed by atoms with Crippen molar-refractivity contribution in [1.82, 2.24) is 19.6 Å². The molecule has 2 aliphatic heterocycles. The lowest BCUT2D eigenvalue weighted by molar-refractivity contribution is -0.371. The second-order valence-corrected chi connectivity index (χ2v) is 13.4. The van der Waals surface area contributed by atoms with Gasteiger partial charge in [-0.1, -0.05) is 121 Å². The number of carboxylic acid groups (broad SMARTS) is 4. The molecule has 4 aromatic rings. The topological polar surface area (TPSA) is 284 Å². The van der Waals surface area contributed by atoms with Crippen LogP contribution in [0.2, 0.25) is 0 Å². The normalized spacial score (nSPS) is 13.9. The molecule has 60 heavy (non-hydrogen) atoms. The minimum Gasteiger partial charge on any atom is -0.545 e. The number of nitrogens with zero attached hydrogens (tertiary/aromatic N) is 4. The lowest BCUT2D eigenvalue weighted by Crippen LogP contribution is -2.59. The molecule has 16 nitrogen and oxygen atoms in total. The SMILES string of the molecule is O=C([O-])c1ccccc1.O=C([O-])c1ccccc1.O=C([O-])c1ccccc1.O=C([O-])c1ccccc1.[NH3+]CCN1CCN(CC[NH3+])CC1.[NH3+]CCN1CCN(CC[NH3+])CC1. The summed E-state index contributed by atoms with van der Waals surface area (Å²) in [5, 5.41) is 40.4. The van der Waals surface area contributed by atoms with Crippen LogP contribution in [0.15, 0.2) is 121 Å². The minimum atomic E-state index is -1.13. The number of rotatable bonds is 12. The third-order valence-corrected chi connectivity index (χ3v) is 8.87. The summed E-state index contributed by atoms with van der Waals surface area (Å²) in [6, 6.07) is 32.3. The van der Waals surface area contributed by atoms with Crippen LogP contribution in [0.3, 0.4) is 0 Å². The van der Waals surface area contributed by atoms with E-state index in [-0.39, 0.29) is 22.3 Å². The predicted molar refractivity (Wildman–Crippen MR) is 220 cm³/mol. The molecule has 2 heterocycles. The second-order valence-electron chi connectivity index (χ2n) is 13.4. The van der Waals surface area contributed by atoms with E-state index in [1.165, 1.54) is 101 Å². The summed E-state index contributed by atoms with van der Waals surface area (Å²) in [5.74, 6) is -4.52. The van der Waals surface area contributed by atoms with Crippen LogP contribution < -0.4 is 43.4 Å². The summed E-state index contributed by atoms with van der Waals surface area (Å²) >= 11 is 0. The summed E-state index contributed by atoms with van der Waals surface area (Å²) in [6.07, 6.45) is 0. The van der Waals surface area contributed by atoms with E-state index in [4.69, 9.17) is 0 Å². The van der Waals surface area contributed by atoms with Gasteiger partial charge in [0.25, 0.3) is 0 Å². The molecule has 2 aliphatic rings. The summed E-state index contributed by atoms with van der Waals surface area (Å²) in [7, 11) is 0. The molecule has 0 spiro atoms. The van der Waals surface area contributed by atoms with Crippen LogP contribution in [0.4, 0.5) is 0 Å². The molecule has 6 rings (SSSR count). The molecular formula is C44H64N8O8. The number of hydrogen-bond acceptors (Lipinski definition) is 12. The van der Waals surface area contributed by atoms with Crippen molar-refractivity contribution in [3.63, 3.8) is 0 Å². The first-order valence-electron chi connectivity index (χ1n) is 20.1. The number of aromatic carboxylic acids is 4. The number of carboxylic acids is 4. The van der Waals surface area contributed by atoms with Crippen molar-refractivity contribution in [3.05, 3.63) is 144 Å². The molecule has 0 bridgehead atoms. The highest BCUT2D eigenvalue weighted by molar-refractivity contribution is 5.86. The fraction of sp³-hybridized carbons (Fsp3) is 0.364. The number of hydrogen-bond donors (Lipinski definition) is 4. The average molecular weight is 833 g/mol. The largest absolute Gasteiger partial charge is 0.545 e. The van der Waals surface area contributed by atoms with Gasteiger partial charge in [-0.25, -0.2) is 0 Å². The highest BCUT2D eigenvalue weighted by Crippen LogP contribution is 2.01. The minimum absolute atomic E-state index is 0.220. The molecule has 0 aromatic heterocycles. The van der Waals surface area contributed by atoms with Crippen LogP contribution >= 0.6 is 0 Å². The smallest absolute Gasteiger partial charge is 0.0869 e. The quantitative estimate of drug-likeness (QED) is 0.104. The van der Waals surface area contributed by atoms with Crippen molar-refractivity contribution in [1.29, 1.82) is 0 Å². The third-order valence-electron chi connectivity index (χ3n) is 8.87. The van der Waals surface area contributed by atoms with Gasteiger partial charge in [0.2, 0.25) is 0 Å². The lowest BCUT2D eigenvalue weighted by atomic mass is 10.2. The van der Waals surface area contributed by atoms with E-state index in [9.17, 15) is 39.6 Å². The van der Waals surface area contributed by atoms with Gasteiger partial charge in [0, 0.05) is 78.5 Å². The second kappa shape index (κ2) is 33.3. The van der Waals surface area contributed by atoms with Crippen LogP contribution in [-0.2, 0) is 0 Å². The highest BCUT2D eigenvalue weighted by atomic mass is 16.4. The van der Waals surface area contributed by atoms with E-state index < -0.39 is 23.9 Å². The Labute approximate surface area is 353 Å². The molecule has 0 saturated carbocycles. The molecule has 2 saturated heterocycles. The van der Waals surface area contributed by atoms with Gasteiger partial charge < -0.3 is 62.5 Å². The molecule has 328 valence electrons. The van der Waals surface area contributed by atoms with E-state index in [1.54, 1.807) is 72.8 Å². The number of carbonyl (C=O) groups excluding carboxylic acids is 4. The van der Waals surface area contributed by atoms with Gasteiger partial charge in [-0.05, 0) is 22.3 Å². The van der Waals surface area contributed by atoms with Crippen LogP contribution in [0, 0.1) is 0 Å². The van der Waals surface area contributed by atoms with Crippen LogP contribution in [0.25, 0.3) is 0 Å². The first-order chi connectivity index (χ1) is 28.9. The van der Waals surface area contributed by atoms with E-state index in [0.29, 0.717) is 0 Å². The Hall–Kier alpha value is -5.56. The average Bonchev–Trinajstić information content (AvgIpc) is 3.28. The first kappa shape index (κ1) is 52.5. The Bertz CT molecular complexity index is 1440. The van der Waals surface area contributed by atoms with Crippen molar-refractivity contribution in [2.75, 3.05) is 105 Å². The van der Waals surface area contributed by atoms with Crippen molar-refractivity contribution in [3.8, 4) is 0 Å². The lowest BCUT2D eigenvalue weighted by Gasteiger charge is -2.33. The van der Waals surface area contributed by atoms with Gasteiger partial charge in [-0.3, -0.25) is 19.6 Å². The van der Waals surface area contributed by atoms with Crippen molar-refractivity contribution in [2.24, 2.45) is 0 Å². The number of piperazine rings is 2. The fourth-order valence-corrected chi connectivity index (χ4v) is 5.66. The third kappa shape index (κ3) is 25.0. The van der Waals surface area contributed by atoms with E-state index in [1.807, 2.05) is 0 Å². The van der Waals surface area contributed by atoms with Crippen LogP contribution in [0.5, 0.6) is 0 Å². The Morgan fingerprint density at radius 3 is 0.583 bits per heavy atom. The van der Waals surface area contributed by atoms with Crippen molar-refractivity contribution >= 4 is 23.9 Å². The van der Waals surface area contributed by atoms with Gasteiger partial charge >= 0.3 is 0 Å². The summed E-state index contributed by atoms with van der Waals surface area (Å²) in [5.41, 5.74) is 16.4. The van der Waals surface area contributed by atoms with Gasteiger partial charge in [0.1, 0.15) is 0 Å². The molecule has 4 aromatic carbocycles. The van der Waals surface area contributed by atoms with E-state index >= 15 is 0 Å². The fourth-order valence-electron chi connectivity index (χ4n) is 5.66. The van der Waals surface area contributed by atoms with Gasteiger partial charge in [-0.15, -0.1) is 0 Å². The number of benzene rings is 4. The highest BCUT2D eigenvalue weighted by Gasteiger charge is 2.16. The Morgan fingerprint density at radius 2 is 0.483 bits per heavy atom. The molecule has 0 amide bonds. The zero-order valence-corrected chi connectivity index (χ0v) is 34.7. The van der Waals surface area contributed by atoms with Crippen molar-refractivity contribution < 1.29 is 62.5 Å². The van der Waals surface area contributed by atoms with Gasteiger partial charge in [0.15, 0.2) is 0 Å². The Kier molecular flexibility index (Phi) is 29.1. The summed E-state index contributed by atoms with van der Waals surface area (Å²) in [4.78, 5) is 50.3. The van der Waals surface area contributed by atoms with Crippen molar-refractivity contribution in [2.45, 2.75) is 0 Å². The zero-order valence-electron chi connectivity index (χ0n) is 34.7. The maximum absolute atomic E-state index is 10.1. The standard InChI is InChI=1S/2C8H20N4.4C7H6O2/c2*9-1-3-11-5-7-12(4-2-10)8-6-11;4*8-7(9)6-4-2-1-3-5-6/h2*1-10H2;4*1-5H,(H,8,9). The zero-order chi connectivity index (χ0) is 44.4. The summed E-state index contributed by atoms with van der Waals surface area (Å²) in [6.45, 7) is 18.5. The predicted octanol–water partition coefficient (Wildman–Crippen LogP) is -5.62. The van der Waals surface area contributed by atoms with Gasteiger partial charge in [-0.2, -0.15) is 0 Å². The van der Waals surface area contributed by atoms with Crippen LogP contribution in [-0.4, -0.2) is 148 Å². The molecule has 0 radical (unpaired) electrons. The number of carbonyl (C=O) groups is 4.